The van der Waals surface area contributed by atoms with Crippen molar-refractivity contribution in [3.05, 3.63) is 59.9 Å². The molecule has 2 saturated heterocycles. The lowest BCUT2D eigenvalue weighted by Gasteiger charge is -2.30. The van der Waals surface area contributed by atoms with Crippen molar-refractivity contribution in [3.8, 4) is 0 Å². The molecule has 0 radical (unpaired) electrons. The molecule has 3 aromatic rings. The number of anilines is 1. The molecule has 194 valence electrons. The first-order valence-corrected chi connectivity index (χ1v) is 12.8. The average Bonchev–Trinajstić information content (AvgIpc) is 3.11. The minimum Gasteiger partial charge on any atom is -0.379 e. The van der Waals surface area contributed by atoms with Gasteiger partial charge in [-0.05, 0) is 43.9 Å². The van der Waals surface area contributed by atoms with Crippen LogP contribution in [0.25, 0.3) is 11.0 Å². The number of rotatable bonds is 6. The highest BCUT2D eigenvalue weighted by Gasteiger charge is 2.29. The smallest absolute Gasteiger partial charge is 0.259 e. The molecule has 2 amide bonds. The molecule has 37 heavy (non-hydrogen) atoms. The first kappa shape index (κ1) is 25.0. The highest BCUT2D eigenvalue weighted by Crippen LogP contribution is 2.32. The predicted octanol–water partition coefficient (Wildman–Crippen LogP) is 2.83. The summed E-state index contributed by atoms with van der Waals surface area (Å²) in [5.41, 5.74) is 3.85. The molecule has 0 spiro atoms. The lowest BCUT2D eigenvalue weighted by atomic mass is 10.1. The fourth-order valence-electron chi connectivity index (χ4n) is 5.20. The van der Waals surface area contributed by atoms with Gasteiger partial charge in [0.15, 0.2) is 0 Å². The number of benzene rings is 1. The second-order valence-electron chi connectivity index (χ2n) is 9.73. The van der Waals surface area contributed by atoms with Gasteiger partial charge < -0.3 is 14.2 Å². The first-order valence-electron chi connectivity index (χ1n) is 12.8. The fraction of sp³-hybridized carbons (Fsp3) is 0.444. The largest absolute Gasteiger partial charge is 0.379 e. The van der Waals surface area contributed by atoms with Gasteiger partial charge in [-0.3, -0.25) is 19.8 Å². The van der Waals surface area contributed by atoms with E-state index in [1.54, 1.807) is 6.07 Å². The molecular weight excluding hydrogens is 470 g/mol. The van der Waals surface area contributed by atoms with Gasteiger partial charge in [0.05, 0.1) is 48.2 Å². The number of amides is 2. The van der Waals surface area contributed by atoms with E-state index in [0.29, 0.717) is 49.9 Å². The van der Waals surface area contributed by atoms with Crippen molar-refractivity contribution in [2.75, 3.05) is 51.3 Å². The number of morpholine rings is 1. The Morgan fingerprint density at radius 1 is 1.14 bits per heavy atom. The van der Waals surface area contributed by atoms with Crippen molar-refractivity contribution in [3.63, 3.8) is 0 Å². The van der Waals surface area contributed by atoms with Gasteiger partial charge in [-0.1, -0.05) is 18.7 Å². The average molecular weight is 504 g/mol. The number of aryl methyl sites for hydroxylation is 1. The second-order valence-corrected chi connectivity index (χ2v) is 9.73. The van der Waals surface area contributed by atoms with Crippen LogP contribution in [0.4, 0.5) is 5.95 Å². The number of nitrogens with zero attached hydrogens (tertiary/aromatic N) is 6. The summed E-state index contributed by atoms with van der Waals surface area (Å²) < 4.78 is 7.53. The monoisotopic (exact) mass is 503 g/mol. The highest BCUT2D eigenvalue weighted by atomic mass is 16.5. The van der Waals surface area contributed by atoms with E-state index in [1.807, 2.05) is 30.0 Å². The van der Waals surface area contributed by atoms with Crippen molar-refractivity contribution >= 4 is 28.8 Å². The van der Waals surface area contributed by atoms with E-state index < -0.39 is 0 Å². The van der Waals surface area contributed by atoms with Crippen LogP contribution in [-0.4, -0.2) is 87.3 Å². The van der Waals surface area contributed by atoms with Crippen LogP contribution in [0.3, 0.4) is 0 Å². The van der Waals surface area contributed by atoms with Crippen LogP contribution < -0.4 is 5.32 Å². The molecular formula is C27H33N7O3. The number of fused-ring (bicyclic) bond motifs is 1. The molecule has 4 heterocycles. The van der Waals surface area contributed by atoms with Gasteiger partial charge in [-0.25, -0.2) is 4.98 Å². The van der Waals surface area contributed by atoms with Crippen LogP contribution >= 0.6 is 0 Å². The van der Waals surface area contributed by atoms with Crippen molar-refractivity contribution in [1.82, 2.24) is 29.5 Å². The second kappa shape index (κ2) is 11.2. The molecule has 1 unspecified atom stereocenters. The first-order chi connectivity index (χ1) is 18.0. The number of hydrogen-bond donors (Lipinski definition) is 1. The zero-order valence-corrected chi connectivity index (χ0v) is 21.2. The third-order valence-corrected chi connectivity index (χ3v) is 7.10. The van der Waals surface area contributed by atoms with E-state index >= 15 is 0 Å². The molecule has 10 nitrogen and oxygen atoms in total. The Labute approximate surface area is 216 Å². The van der Waals surface area contributed by atoms with Crippen LogP contribution in [0.2, 0.25) is 0 Å². The normalized spacial score (nSPS) is 18.9. The Morgan fingerprint density at radius 3 is 2.76 bits per heavy atom. The molecule has 0 aliphatic carbocycles. The SMILES string of the molecule is C=C(CN1CCOCC1)C(=O)N1CCCCC(n2c(NC(=O)c3ccnnc3)nc3cccc(C)c32)C1. The number of carbonyl (C=O) groups excluding carboxylic acids is 2. The molecule has 5 rings (SSSR count). The Balaban J connectivity index is 1.42. The number of para-hydroxylation sites is 1. The highest BCUT2D eigenvalue weighted by molar-refractivity contribution is 6.04. The minimum atomic E-state index is -0.301. The molecule has 0 bridgehead atoms. The molecule has 1 atom stereocenters. The third-order valence-electron chi connectivity index (χ3n) is 7.10. The number of nitrogens with one attached hydrogen (secondary N) is 1. The van der Waals surface area contributed by atoms with E-state index in [4.69, 9.17) is 9.72 Å². The van der Waals surface area contributed by atoms with E-state index in [0.717, 1.165) is 48.9 Å². The Morgan fingerprint density at radius 2 is 1.97 bits per heavy atom. The zero-order chi connectivity index (χ0) is 25.8. The van der Waals surface area contributed by atoms with E-state index in [1.165, 1.54) is 12.4 Å². The molecule has 2 aliphatic heterocycles. The Kier molecular flexibility index (Phi) is 7.57. The van der Waals surface area contributed by atoms with Gasteiger partial charge in [0.2, 0.25) is 5.95 Å². The summed E-state index contributed by atoms with van der Waals surface area (Å²) in [5, 5.41) is 10.6. The van der Waals surface area contributed by atoms with Crippen LogP contribution in [0.15, 0.2) is 48.8 Å². The van der Waals surface area contributed by atoms with Crippen molar-refractivity contribution in [2.24, 2.45) is 0 Å². The molecule has 1 N–H and O–H groups in total. The molecule has 10 heteroatoms. The molecule has 1 aromatic carbocycles. The number of imidazole rings is 1. The number of ether oxygens (including phenoxy) is 1. The van der Waals surface area contributed by atoms with E-state index in [9.17, 15) is 9.59 Å². The summed E-state index contributed by atoms with van der Waals surface area (Å²) in [6.45, 7) is 10.9. The standard InChI is InChI=1S/C27H33N7O3/c1-19-6-5-8-23-24(19)34(27(30-23)31-25(35)21-9-10-28-29-16-21)22-7-3-4-11-33(18-22)26(36)20(2)17-32-12-14-37-15-13-32/h5-6,8-10,16,22H,2-4,7,11-15,17-18H2,1H3,(H,30,31,35). The molecule has 0 saturated carbocycles. The maximum Gasteiger partial charge on any atom is 0.259 e. The summed E-state index contributed by atoms with van der Waals surface area (Å²) >= 11 is 0. The summed E-state index contributed by atoms with van der Waals surface area (Å²) in [4.78, 5) is 35.4. The Bertz CT molecular complexity index is 1280. The van der Waals surface area contributed by atoms with E-state index in [2.05, 4.69) is 31.6 Å². The number of likely N-dealkylation sites (tertiary alicyclic amines) is 1. The summed E-state index contributed by atoms with van der Waals surface area (Å²) in [6, 6.07) is 7.53. The summed E-state index contributed by atoms with van der Waals surface area (Å²) in [7, 11) is 0. The topological polar surface area (TPSA) is 105 Å². The lowest BCUT2D eigenvalue weighted by Crippen LogP contribution is -2.42. The third kappa shape index (κ3) is 5.55. The predicted molar refractivity (Wildman–Crippen MR) is 140 cm³/mol. The summed E-state index contributed by atoms with van der Waals surface area (Å²) in [5.74, 6) is 0.162. The van der Waals surface area contributed by atoms with Crippen LogP contribution in [-0.2, 0) is 9.53 Å². The van der Waals surface area contributed by atoms with Gasteiger partial charge in [-0.15, -0.1) is 0 Å². The number of hydrogen-bond acceptors (Lipinski definition) is 7. The van der Waals surface area contributed by atoms with Gasteiger partial charge in [0.1, 0.15) is 0 Å². The van der Waals surface area contributed by atoms with Crippen molar-refractivity contribution in [1.29, 1.82) is 0 Å². The van der Waals surface area contributed by atoms with Gasteiger partial charge >= 0.3 is 0 Å². The quantitative estimate of drug-likeness (QED) is 0.516. The molecule has 2 aromatic heterocycles. The van der Waals surface area contributed by atoms with Crippen molar-refractivity contribution < 1.29 is 14.3 Å². The van der Waals surface area contributed by atoms with Crippen LogP contribution in [0.5, 0.6) is 0 Å². The maximum atomic E-state index is 13.5. The number of aromatic nitrogens is 4. The fourth-order valence-corrected chi connectivity index (χ4v) is 5.20. The maximum absolute atomic E-state index is 13.5. The van der Waals surface area contributed by atoms with Crippen LogP contribution in [0, 0.1) is 6.92 Å². The van der Waals surface area contributed by atoms with Crippen molar-refractivity contribution in [2.45, 2.75) is 32.2 Å². The zero-order valence-electron chi connectivity index (χ0n) is 21.2. The summed E-state index contributed by atoms with van der Waals surface area (Å²) in [6.07, 6.45) is 5.68. The lowest BCUT2D eigenvalue weighted by molar-refractivity contribution is -0.127. The molecule has 2 fully saturated rings. The van der Waals surface area contributed by atoms with Gasteiger partial charge in [0.25, 0.3) is 11.8 Å². The van der Waals surface area contributed by atoms with E-state index in [-0.39, 0.29) is 17.9 Å². The van der Waals surface area contributed by atoms with Gasteiger partial charge in [-0.2, -0.15) is 10.2 Å². The Hall–Kier alpha value is -3.63. The van der Waals surface area contributed by atoms with Crippen LogP contribution in [0.1, 0.15) is 41.2 Å². The van der Waals surface area contributed by atoms with Gasteiger partial charge in [0, 0.05) is 38.3 Å². The minimum absolute atomic E-state index is 0.00650. The number of carbonyl (C=O) groups is 2. The molecule has 2 aliphatic rings.